The van der Waals surface area contributed by atoms with Crippen LogP contribution in [0.25, 0.3) is 5.76 Å². The van der Waals surface area contributed by atoms with E-state index in [0.717, 1.165) is 5.56 Å². The average molecular weight is 472 g/mol. The first kappa shape index (κ1) is 22.5. The van der Waals surface area contributed by atoms with Gasteiger partial charge in [0.1, 0.15) is 24.7 Å². The molecule has 1 atom stereocenters. The zero-order chi connectivity index (χ0) is 24.4. The number of rotatable bonds is 6. The molecule has 5 rings (SSSR count). The summed E-state index contributed by atoms with van der Waals surface area (Å²) >= 11 is 0. The minimum atomic E-state index is -0.765. The van der Waals surface area contributed by atoms with Crippen molar-refractivity contribution in [3.8, 4) is 17.2 Å². The molecule has 3 aromatic carbocycles. The van der Waals surface area contributed by atoms with Crippen LogP contribution < -0.4 is 14.2 Å². The Bertz CT molecular complexity index is 1280. The van der Waals surface area contributed by atoms with Gasteiger partial charge in [-0.2, -0.15) is 0 Å². The largest absolute Gasteiger partial charge is 0.507 e. The zero-order valence-corrected chi connectivity index (χ0v) is 19.3. The van der Waals surface area contributed by atoms with Crippen LogP contribution in [-0.4, -0.2) is 41.5 Å². The number of ketones is 1. The summed E-state index contributed by atoms with van der Waals surface area (Å²) in [5.41, 5.74) is 1.99. The van der Waals surface area contributed by atoms with Crippen molar-refractivity contribution in [2.75, 3.05) is 19.8 Å². The van der Waals surface area contributed by atoms with Crippen molar-refractivity contribution in [1.82, 2.24) is 4.90 Å². The number of carbonyl (C=O) groups is 2. The van der Waals surface area contributed by atoms with E-state index in [0.29, 0.717) is 48.2 Å². The lowest BCUT2D eigenvalue weighted by Gasteiger charge is -2.26. The number of fused-ring (bicyclic) bond motifs is 1. The van der Waals surface area contributed by atoms with E-state index >= 15 is 0 Å². The lowest BCUT2D eigenvalue weighted by Crippen LogP contribution is -2.29. The van der Waals surface area contributed by atoms with Gasteiger partial charge in [-0.3, -0.25) is 9.59 Å². The van der Waals surface area contributed by atoms with E-state index in [1.54, 1.807) is 30.3 Å². The zero-order valence-electron chi connectivity index (χ0n) is 19.3. The summed E-state index contributed by atoms with van der Waals surface area (Å²) < 4.78 is 16.8. The number of benzene rings is 3. The van der Waals surface area contributed by atoms with E-state index in [2.05, 4.69) is 0 Å². The Morgan fingerprint density at radius 1 is 0.971 bits per heavy atom. The smallest absolute Gasteiger partial charge is 0.295 e. The molecule has 1 N–H and O–H groups in total. The fraction of sp³-hybridized carbons (Fsp3) is 0.214. The second-order valence-corrected chi connectivity index (χ2v) is 8.27. The number of hydrogen-bond acceptors (Lipinski definition) is 6. The van der Waals surface area contributed by atoms with Gasteiger partial charge >= 0.3 is 0 Å². The van der Waals surface area contributed by atoms with E-state index < -0.39 is 17.7 Å². The fourth-order valence-electron chi connectivity index (χ4n) is 4.43. The Labute approximate surface area is 203 Å². The topological polar surface area (TPSA) is 85.3 Å². The number of ether oxygens (including phenoxy) is 3. The van der Waals surface area contributed by atoms with Gasteiger partial charge in [0, 0.05) is 12.1 Å². The molecule has 1 fully saturated rings. The molecule has 0 bridgehead atoms. The van der Waals surface area contributed by atoms with Gasteiger partial charge in [-0.05, 0) is 48.4 Å². The molecule has 0 radical (unpaired) electrons. The summed E-state index contributed by atoms with van der Waals surface area (Å²) in [5.74, 6) is 0.0914. The van der Waals surface area contributed by atoms with Crippen LogP contribution >= 0.6 is 0 Å². The predicted molar refractivity (Wildman–Crippen MR) is 129 cm³/mol. The maximum atomic E-state index is 13.3. The first-order chi connectivity index (χ1) is 17.1. The summed E-state index contributed by atoms with van der Waals surface area (Å²) in [7, 11) is 0. The highest BCUT2D eigenvalue weighted by Gasteiger charge is 2.46. The second-order valence-electron chi connectivity index (χ2n) is 8.27. The Morgan fingerprint density at radius 2 is 1.69 bits per heavy atom. The van der Waals surface area contributed by atoms with Gasteiger partial charge in [0.2, 0.25) is 0 Å². The van der Waals surface area contributed by atoms with E-state index in [9.17, 15) is 14.7 Å². The number of likely N-dealkylation sites (tertiary alicyclic amines) is 1. The first-order valence-electron chi connectivity index (χ1n) is 11.5. The molecule has 0 aliphatic carbocycles. The summed E-state index contributed by atoms with van der Waals surface area (Å²) in [6.45, 7) is 3.48. The number of carbonyl (C=O) groups excluding carboxylic acids is 2. The van der Waals surface area contributed by atoms with Crippen LogP contribution in [0.15, 0.2) is 78.4 Å². The third kappa shape index (κ3) is 4.33. The number of amides is 1. The van der Waals surface area contributed by atoms with Crippen molar-refractivity contribution in [3.05, 3.63) is 95.1 Å². The Kier molecular flexibility index (Phi) is 6.14. The van der Waals surface area contributed by atoms with Crippen LogP contribution in [0.1, 0.15) is 29.7 Å². The molecule has 35 heavy (non-hydrogen) atoms. The molecule has 2 heterocycles. The molecule has 7 nitrogen and oxygen atoms in total. The number of nitrogens with zero attached hydrogens (tertiary/aromatic N) is 1. The third-order valence-electron chi connectivity index (χ3n) is 6.06. The van der Waals surface area contributed by atoms with E-state index in [4.69, 9.17) is 14.2 Å². The summed E-state index contributed by atoms with van der Waals surface area (Å²) in [5, 5.41) is 11.3. The molecule has 7 heteroatoms. The normalized spacial score (nSPS) is 18.5. The van der Waals surface area contributed by atoms with Crippen molar-refractivity contribution < 1.29 is 28.9 Å². The number of hydrogen-bond donors (Lipinski definition) is 1. The Balaban J connectivity index is 1.61. The highest BCUT2D eigenvalue weighted by atomic mass is 16.6. The SMILES string of the molecule is CCOc1ccc([C@@H]2/C(=C(\O)c3ccc4c(c3)OCCO4)C(=O)C(=O)N2Cc2ccccc2)cc1. The quantitative estimate of drug-likeness (QED) is 0.324. The molecule has 0 aromatic heterocycles. The maximum Gasteiger partial charge on any atom is 0.295 e. The molecule has 3 aromatic rings. The van der Waals surface area contributed by atoms with Gasteiger partial charge in [-0.1, -0.05) is 42.5 Å². The molecule has 0 saturated carbocycles. The minimum absolute atomic E-state index is 0.0340. The van der Waals surface area contributed by atoms with Crippen molar-refractivity contribution in [3.63, 3.8) is 0 Å². The summed E-state index contributed by atoms with van der Waals surface area (Å²) in [6.07, 6.45) is 0. The molecule has 0 unspecified atom stereocenters. The molecule has 0 spiro atoms. The standard InChI is InChI=1S/C28H25NO6/c1-2-33-21-11-8-19(9-12-21)25-24(26(30)20-10-13-22-23(16-20)35-15-14-34-22)27(31)28(32)29(25)17-18-6-4-3-5-7-18/h3-13,16,25,30H,2,14-15,17H2,1H3/b26-24+/t25-/m1/s1. The minimum Gasteiger partial charge on any atom is -0.507 e. The molecular weight excluding hydrogens is 446 g/mol. The second kappa shape index (κ2) is 9.54. The van der Waals surface area contributed by atoms with Gasteiger partial charge in [0.05, 0.1) is 18.2 Å². The number of aliphatic hydroxyl groups is 1. The van der Waals surface area contributed by atoms with Gasteiger partial charge in [-0.15, -0.1) is 0 Å². The van der Waals surface area contributed by atoms with Crippen LogP contribution in [0.3, 0.4) is 0 Å². The van der Waals surface area contributed by atoms with Crippen molar-refractivity contribution in [1.29, 1.82) is 0 Å². The molecule has 1 amide bonds. The lowest BCUT2D eigenvalue weighted by atomic mass is 9.95. The Hall–Kier alpha value is -4.26. The molecule has 2 aliphatic rings. The van der Waals surface area contributed by atoms with Gasteiger partial charge < -0.3 is 24.2 Å². The van der Waals surface area contributed by atoms with Crippen molar-refractivity contribution >= 4 is 17.4 Å². The van der Waals surface area contributed by atoms with Crippen LogP contribution in [-0.2, 0) is 16.1 Å². The molecular formula is C28H25NO6. The van der Waals surface area contributed by atoms with E-state index in [1.165, 1.54) is 4.90 Å². The summed E-state index contributed by atoms with van der Waals surface area (Å²) in [4.78, 5) is 28.0. The van der Waals surface area contributed by atoms with Crippen LogP contribution in [0.4, 0.5) is 0 Å². The maximum absolute atomic E-state index is 13.3. The highest BCUT2D eigenvalue weighted by molar-refractivity contribution is 6.46. The van der Waals surface area contributed by atoms with Crippen LogP contribution in [0.5, 0.6) is 17.2 Å². The predicted octanol–water partition coefficient (Wildman–Crippen LogP) is 4.48. The first-order valence-corrected chi connectivity index (χ1v) is 11.5. The van der Waals surface area contributed by atoms with Crippen LogP contribution in [0, 0.1) is 0 Å². The van der Waals surface area contributed by atoms with Gasteiger partial charge in [-0.25, -0.2) is 0 Å². The summed E-state index contributed by atoms with van der Waals surface area (Å²) in [6, 6.07) is 20.9. The monoisotopic (exact) mass is 471 g/mol. The third-order valence-corrected chi connectivity index (χ3v) is 6.06. The van der Waals surface area contributed by atoms with Crippen molar-refractivity contribution in [2.45, 2.75) is 19.5 Å². The lowest BCUT2D eigenvalue weighted by molar-refractivity contribution is -0.140. The van der Waals surface area contributed by atoms with E-state index in [1.807, 2.05) is 49.4 Å². The van der Waals surface area contributed by atoms with Crippen LogP contribution in [0.2, 0.25) is 0 Å². The number of aliphatic hydroxyl groups excluding tert-OH is 1. The Morgan fingerprint density at radius 3 is 2.40 bits per heavy atom. The highest BCUT2D eigenvalue weighted by Crippen LogP contribution is 2.42. The fourth-order valence-corrected chi connectivity index (χ4v) is 4.43. The van der Waals surface area contributed by atoms with Crippen molar-refractivity contribution in [2.24, 2.45) is 0 Å². The average Bonchev–Trinajstić information content (AvgIpc) is 3.14. The van der Waals surface area contributed by atoms with Gasteiger partial charge in [0.25, 0.3) is 11.7 Å². The molecule has 178 valence electrons. The van der Waals surface area contributed by atoms with Gasteiger partial charge in [0.15, 0.2) is 11.5 Å². The molecule has 2 aliphatic heterocycles. The molecule has 1 saturated heterocycles. The van der Waals surface area contributed by atoms with E-state index in [-0.39, 0.29) is 17.9 Å². The number of Topliss-reactive ketones (excluding diaryl/α,β-unsaturated/α-hetero) is 1.